The van der Waals surface area contributed by atoms with Gasteiger partial charge in [-0.05, 0) is 27.3 Å². The summed E-state index contributed by atoms with van der Waals surface area (Å²) >= 11 is 0. The molecule has 94 valence electrons. The first-order chi connectivity index (χ1) is 7.58. The van der Waals surface area contributed by atoms with Crippen molar-refractivity contribution in [3.63, 3.8) is 0 Å². The van der Waals surface area contributed by atoms with E-state index >= 15 is 0 Å². The molecule has 5 nitrogen and oxygen atoms in total. The fourth-order valence-corrected chi connectivity index (χ4v) is 2.11. The highest BCUT2D eigenvalue weighted by Crippen LogP contribution is 2.09. The van der Waals surface area contributed by atoms with E-state index in [2.05, 4.69) is 47.9 Å². The molecule has 1 atom stereocenters. The summed E-state index contributed by atoms with van der Waals surface area (Å²) < 4.78 is 0. The molecule has 5 heteroatoms. The predicted molar refractivity (Wildman–Crippen MR) is 68.2 cm³/mol. The second kappa shape index (κ2) is 6.06. The largest absolute Gasteiger partial charge is 0.339 e. The van der Waals surface area contributed by atoms with E-state index in [0.717, 1.165) is 32.1 Å². The van der Waals surface area contributed by atoms with E-state index in [4.69, 9.17) is 5.84 Å². The zero-order valence-electron chi connectivity index (χ0n) is 10.9. The minimum atomic E-state index is 0.269. The van der Waals surface area contributed by atoms with E-state index in [1.165, 1.54) is 0 Å². The van der Waals surface area contributed by atoms with Crippen molar-refractivity contribution in [2.45, 2.75) is 39.8 Å². The van der Waals surface area contributed by atoms with Crippen LogP contribution in [0.3, 0.4) is 0 Å². The van der Waals surface area contributed by atoms with Crippen LogP contribution < -0.4 is 11.3 Å². The van der Waals surface area contributed by atoms with Gasteiger partial charge in [0.15, 0.2) is 0 Å². The summed E-state index contributed by atoms with van der Waals surface area (Å²) in [5, 5.41) is 0. The molecular formula is C11H25N5. The van der Waals surface area contributed by atoms with Crippen LogP contribution in [-0.4, -0.2) is 54.0 Å². The van der Waals surface area contributed by atoms with Crippen LogP contribution in [0.2, 0.25) is 0 Å². The van der Waals surface area contributed by atoms with E-state index in [1.807, 2.05) is 0 Å². The maximum Gasteiger partial charge on any atom is 0.208 e. The van der Waals surface area contributed by atoms with Crippen molar-refractivity contribution in [3.05, 3.63) is 0 Å². The lowest BCUT2D eigenvalue weighted by atomic mass is 10.2. The molecule has 1 fully saturated rings. The maximum absolute atomic E-state index is 5.53. The quantitative estimate of drug-likeness (QED) is 0.307. The first-order valence-electron chi connectivity index (χ1n) is 6.11. The van der Waals surface area contributed by atoms with Gasteiger partial charge in [0.2, 0.25) is 5.96 Å². The first kappa shape index (κ1) is 13.3. The zero-order chi connectivity index (χ0) is 12.1. The Morgan fingerprint density at radius 2 is 2.19 bits per heavy atom. The van der Waals surface area contributed by atoms with Crippen molar-refractivity contribution in [2.24, 2.45) is 10.8 Å². The fraction of sp³-hybridized carbons (Fsp3) is 0.909. The van der Waals surface area contributed by atoms with Gasteiger partial charge in [-0.2, -0.15) is 0 Å². The minimum Gasteiger partial charge on any atom is -0.339 e. The summed E-state index contributed by atoms with van der Waals surface area (Å²) in [4.78, 5) is 9.20. The molecule has 0 aromatic rings. The van der Waals surface area contributed by atoms with Gasteiger partial charge < -0.3 is 4.90 Å². The van der Waals surface area contributed by atoms with Crippen LogP contribution in [0.15, 0.2) is 4.99 Å². The molecule has 16 heavy (non-hydrogen) atoms. The third kappa shape index (κ3) is 3.35. The van der Waals surface area contributed by atoms with Gasteiger partial charge in [0.05, 0.1) is 0 Å². The highest BCUT2D eigenvalue weighted by atomic mass is 15.4. The molecule has 0 aliphatic carbocycles. The van der Waals surface area contributed by atoms with Gasteiger partial charge in [-0.15, -0.1) is 0 Å². The summed E-state index contributed by atoms with van der Waals surface area (Å²) in [6, 6.07) is 0.829. The summed E-state index contributed by atoms with van der Waals surface area (Å²) in [6.45, 7) is 12.7. The van der Waals surface area contributed by atoms with Crippen LogP contribution in [0, 0.1) is 0 Å². The van der Waals surface area contributed by atoms with Gasteiger partial charge >= 0.3 is 0 Å². The normalized spacial score (nSPS) is 24.0. The molecular weight excluding hydrogens is 202 g/mol. The fourth-order valence-electron chi connectivity index (χ4n) is 2.11. The molecule has 1 saturated heterocycles. The van der Waals surface area contributed by atoms with Gasteiger partial charge in [0.25, 0.3) is 0 Å². The van der Waals surface area contributed by atoms with Crippen LogP contribution in [0.25, 0.3) is 0 Å². The lowest BCUT2D eigenvalue weighted by Crippen LogP contribution is -2.57. The van der Waals surface area contributed by atoms with E-state index in [-0.39, 0.29) is 6.04 Å². The SMILES string of the molecule is CCN1CCN(C(=NC(C)C)NN)CC1C. The Kier molecular flexibility index (Phi) is 5.02. The zero-order valence-corrected chi connectivity index (χ0v) is 10.9. The highest BCUT2D eigenvalue weighted by molar-refractivity contribution is 5.79. The molecule has 1 rings (SSSR count). The number of guanidine groups is 1. The number of aliphatic imine (C=N–C) groups is 1. The molecule has 0 aromatic carbocycles. The lowest BCUT2D eigenvalue weighted by Gasteiger charge is -2.40. The van der Waals surface area contributed by atoms with Crippen LogP contribution in [0.4, 0.5) is 0 Å². The van der Waals surface area contributed by atoms with Crippen molar-refractivity contribution in [2.75, 3.05) is 26.2 Å². The highest BCUT2D eigenvalue weighted by Gasteiger charge is 2.24. The Morgan fingerprint density at radius 1 is 1.50 bits per heavy atom. The summed E-state index contributed by atoms with van der Waals surface area (Å²) in [6.07, 6.45) is 0. The Labute approximate surface area is 98.7 Å². The lowest BCUT2D eigenvalue weighted by molar-refractivity contribution is 0.127. The monoisotopic (exact) mass is 227 g/mol. The third-order valence-corrected chi connectivity index (χ3v) is 2.98. The number of hydrogen-bond donors (Lipinski definition) is 2. The number of rotatable bonds is 2. The van der Waals surface area contributed by atoms with Crippen molar-refractivity contribution < 1.29 is 0 Å². The van der Waals surface area contributed by atoms with Gasteiger partial charge in [-0.25, -0.2) is 10.8 Å². The Balaban J connectivity index is 2.62. The van der Waals surface area contributed by atoms with E-state index in [1.54, 1.807) is 0 Å². The standard InChI is InChI=1S/C11H25N5/c1-5-15-6-7-16(8-10(15)4)11(14-12)13-9(2)3/h9-10H,5-8,12H2,1-4H3,(H,13,14). The summed E-state index contributed by atoms with van der Waals surface area (Å²) in [5.74, 6) is 6.35. The summed E-state index contributed by atoms with van der Waals surface area (Å²) in [5.41, 5.74) is 2.71. The van der Waals surface area contributed by atoms with Crippen molar-refractivity contribution in [3.8, 4) is 0 Å². The molecule has 0 radical (unpaired) electrons. The average Bonchev–Trinajstić information content (AvgIpc) is 2.25. The number of piperazine rings is 1. The van der Waals surface area contributed by atoms with Crippen LogP contribution in [0.1, 0.15) is 27.7 Å². The minimum absolute atomic E-state index is 0.269. The van der Waals surface area contributed by atoms with Crippen molar-refractivity contribution in [1.82, 2.24) is 15.2 Å². The number of nitrogens with one attached hydrogen (secondary N) is 1. The first-order valence-corrected chi connectivity index (χ1v) is 6.11. The Bertz CT molecular complexity index is 239. The summed E-state index contributed by atoms with van der Waals surface area (Å²) in [7, 11) is 0. The second-order valence-electron chi connectivity index (χ2n) is 4.61. The average molecular weight is 227 g/mol. The van der Waals surface area contributed by atoms with Crippen LogP contribution in [-0.2, 0) is 0 Å². The smallest absolute Gasteiger partial charge is 0.208 e. The molecule has 0 saturated carbocycles. The van der Waals surface area contributed by atoms with Gasteiger partial charge in [0.1, 0.15) is 0 Å². The van der Waals surface area contributed by atoms with E-state index < -0.39 is 0 Å². The molecule has 1 aliphatic heterocycles. The van der Waals surface area contributed by atoms with Crippen LogP contribution in [0.5, 0.6) is 0 Å². The second-order valence-corrected chi connectivity index (χ2v) is 4.61. The third-order valence-electron chi connectivity index (χ3n) is 2.98. The molecule has 0 aromatic heterocycles. The molecule has 0 amide bonds. The number of hydrazine groups is 1. The van der Waals surface area contributed by atoms with Gasteiger partial charge in [0, 0.05) is 31.7 Å². The Hall–Kier alpha value is -0.810. The molecule has 3 N–H and O–H groups in total. The van der Waals surface area contributed by atoms with Gasteiger partial charge in [-0.1, -0.05) is 6.92 Å². The van der Waals surface area contributed by atoms with Crippen molar-refractivity contribution in [1.29, 1.82) is 0 Å². The maximum atomic E-state index is 5.53. The molecule has 1 heterocycles. The number of likely N-dealkylation sites (N-methyl/N-ethyl adjacent to an activating group) is 1. The number of hydrogen-bond acceptors (Lipinski definition) is 3. The molecule has 0 bridgehead atoms. The molecule has 0 spiro atoms. The predicted octanol–water partition coefficient (Wildman–Crippen LogP) is 0.240. The molecule has 1 aliphatic rings. The van der Waals surface area contributed by atoms with E-state index in [0.29, 0.717) is 6.04 Å². The van der Waals surface area contributed by atoms with Gasteiger partial charge in [-0.3, -0.25) is 10.3 Å². The van der Waals surface area contributed by atoms with E-state index in [9.17, 15) is 0 Å². The van der Waals surface area contributed by atoms with Crippen molar-refractivity contribution >= 4 is 5.96 Å². The molecule has 1 unspecified atom stereocenters. The topological polar surface area (TPSA) is 56.9 Å². The number of nitrogens with two attached hydrogens (primary N) is 1. The Morgan fingerprint density at radius 3 is 2.62 bits per heavy atom. The van der Waals surface area contributed by atoms with Crippen LogP contribution >= 0.6 is 0 Å². The number of nitrogens with zero attached hydrogens (tertiary/aromatic N) is 3.